The van der Waals surface area contributed by atoms with Crippen LogP contribution in [0.25, 0.3) is 0 Å². The molecule has 0 aromatic heterocycles. The zero-order valence-corrected chi connectivity index (χ0v) is 13.8. The Morgan fingerprint density at radius 3 is 2.50 bits per heavy atom. The summed E-state index contributed by atoms with van der Waals surface area (Å²) in [6.07, 6.45) is 0. The topological polar surface area (TPSA) is 88.0 Å². The number of methoxy groups -OCH3 is 2. The molecule has 0 aliphatic rings. The van der Waals surface area contributed by atoms with Gasteiger partial charge in [0.05, 0.1) is 25.8 Å². The summed E-state index contributed by atoms with van der Waals surface area (Å²) in [4.78, 5) is 12.5. The van der Waals surface area contributed by atoms with Crippen molar-refractivity contribution in [3.05, 3.63) is 53.6 Å². The van der Waals surface area contributed by atoms with E-state index in [0.717, 1.165) is 5.56 Å². The first kappa shape index (κ1) is 17.8. The quantitative estimate of drug-likeness (QED) is 0.685. The number of carbonyl (C=O) groups excluding carboxylic acids is 1. The molecule has 0 spiro atoms. The minimum Gasteiger partial charge on any atom is -0.497 e. The van der Waals surface area contributed by atoms with E-state index in [9.17, 15) is 14.8 Å². The first-order chi connectivity index (χ1) is 11.5. The number of benzene rings is 2. The Bertz CT molecular complexity index is 720. The van der Waals surface area contributed by atoms with Gasteiger partial charge in [-0.1, -0.05) is 18.2 Å². The normalized spacial score (nSPS) is 11.5. The average Bonchev–Trinajstić information content (AvgIpc) is 2.60. The number of amides is 1. The summed E-state index contributed by atoms with van der Waals surface area (Å²) in [5.74, 6) is 0.671. The molecule has 0 aliphatic carbocycles. The van der Waals surface area contributed by atoms with Crippen molar-refractivity contribution in [1.82, 2.24) is 5.32 Å². The fourth-order valence-electron chi connectivity index (χ4n) is 2.32. The third kappa shape index (κ3) is 4.07. The van der Waals surface area contributed by atoms with Gasteiger partial charge in [-0.2, -0.15) is 0 Å². The molecule has 0 heterocycles. The molecule has 0 radical (unpaired) electrons. The van der Waals surface area contributed by atoms with E-state index in [2.05, 4.69) is 5.32 Å². The Hall–Kier alpha value is -2.51. The summed E-state index contributed by atoms with van der Waals surface area (Å²) in [7, 11) is 1.39. The number of hydrogen-bond acceptors (Lipinski definition) is 5. The van der Waals surface area contributed by atoms with Crippen LogP contribution < -0.4 is 20.3 Å². The number of hydrogen-bond donors (Lipinski definition) is 3. The van der Waals surface area contributed by atoms with Crippen molar-refractivity contribution in [2.75, 3.05) is 14.2 Å². The lowest BCUT2D eigenvalue weighted by Crippen LogP contribution is -2.31. The summed E-state index contributed by atoms with van der Waals surface area (Å²) in [5.41, 5.74) is 1.48. The zero-order chi connectivity index (χ0) is 17.7. The molecule has 3 N–H and O–H groups in total. The van der Waals surface area contributed by atoms with Crippen LogP contribution in [0, 0.1) is 0 Å². The van der Waals surface area contributed by atoms with Crippen LogP contribution in [0.4, 0.5) is 0 Å². The molecule has 0 saturated heterocycles. The molecule has 126 valence electrons. The molecule has 0 aliphatic heterocycles. The number of nitrogens with one attached hydrogen (secondary N) is 1. The second kappa shape index (κ2) is 7.85. The molecule has 2 aromatic rings. The molecule has 0 unspecified atom stereocenters. The summed E-state index contributed by atoms with van der Waals surface area (Å²) in [6.45, 7) is 1.87. The Labute approximate surface area is 141 Å². The Kier molecular flexibility index (Phi) is 5.84. The lowest BCUT2D eigenvalue weighted by Gasteiger charge is -2.17. The number of carbonyl (C=O) groups is 1. The molecule has 2 rings (SSSR count). The zero-order valence-electron chi connectivity index (χ0n) is 13.8. The van der Waals surface area contributed by atoms with E-state index in [0.29, 0.717) is 11.3 Å². The minimum atomic E-state index is -1.62. The fraction of sp³-hybridized carbons (Fsp3) is 0.235. The first-order valence-corrected chi connectivity index (χ1v) is 7.45. The van der Waals surface area contributed by atoms with Crippen molar-refractivity contribution in [2.24, 2.45) is 0 Å². The van der Waals surface area contributed by atoms with E-state index in [1.165, 1.54) is 25.3 Å². The van der Waals surface area contributed by atoms with Crippen molar-refractivity contribution in [2.45, 2.75) is 13.0 Å². The fourth-order valence-corrected chi connectivity index (χ4v) is 2.32. The average molecular weight is 329 g/mol. The van der Waals surface area contributed by atoms with E-state index in [4.69, 9.17) is 9.47 Å². The summed E-state index contributed by atoms with van der Waals surface area (Å²) >= 11 is 0. The summed E-state index contributed by atoms with van der Waals surface area (Å²) in [5, 5.41) is 21.3. The second-order valence-electron chi connectivity index (χ2n) is 5.31. The lowest BCUT2D eigenvalue weighted by molar-refractivity contribution is 0.0936. The van der Waals surface area contributed by atoms with Crippen LogP contribution in [0.1, 0.15) is 28.9 Å². The molecule has 0 bridgehead atoms. The van der Waals surface area contributed by atoms with Gasteiger partial charge in [0.2, 0.25) is 0 Å². The Morgan fingerprint density at radius 2 is 1.88 bits per heavy atom. The van der Waals surface area contributed by atoms with Gasteiger partial charge in [-0.25, -0.2) is 0 Å². The standard InChI is InChI=1S/C17H20BNO5/c1-11(12-5-4-6-14(9-12)23-2)19-17(20)15-8-7-13(18(21)22)10-16(15)24-3/h4-11,21-22H,1-3H3,(H,19,20)/t11-/m1/s1. The van der Waals surface area contributed by atoms with Crippen LogP contribution in [0.3, 0.4) is 0 Å². The van der Waals surface area contributed by atoms with E-state index in [1.807, 2.05) is 31.2 Å². The van der Waals surface area contributed by atoms with Crippen LogP contribution in [-0.4, -0.2) is 37.3 Å². The molecule has 0 fully saturated rings. The highest BCUT2D eigenvalue weighted by atomic mass is 16.5. The summed E-state index contributed by atoms with van der Waals surface area (Å²) in [6, 6.07) is 11.6. The largest absolute Gasteiger partial charge is 0.497 e. The molecule has 1 amide bonds. The molecule has 1 atom stereocenters. The van der Waals surface area contributed by atoms with Crippen molar-refractivity contribution in [1.29, 1.82) is 0 Å². The van der Waals surface area contributed by atoms with E-state index < -0.39 is 7.12 Å². The van der Waals surface area contributed by atoms with Gasteiger partial charge in [0.25, 0.3) is 5.91 Å². The van der Waals surface area contributed by atoms with E-state index in [-0.39, 0.29) is 23.2 Å². The third-order valence-electron chi connectivity index (χ3n) is 3.71. The van der Waals surface area contributed by atoms with Gasteiger partial charge in [-0.15, -0.1) is 0 Å². The van der Waals surface area contributed by atoms with Gasteiger partial charge in [0.15, 0.2) is 0 Å². The Balaban J connectivity index is 2.19. The number of rotatable bonds is 6. The second-order valence-corrected chi connectivity index (χ2v) is 5.31. The monoisotopic (exact) mass is 329 g/mol. The van der Waals surface area contributed by atoms with Gasteiger partial charge in [-0.3, -0.25) is 4.79 Å². The molecule has 6 nitrogen and oxygen atoms in total. The van der Waals surface area contributed by atoms with Crippen LogP contribution >= 0.6 is 0 Å². The highest BCUT2D eigenvalue weighted by Gasteiger charge is 2.19. The molecule has 2 aromatic carbocycles. The third-order valence-corrected chi connectivity index (χ3v) is 3.71. The van der Waals surface area contributed by atoms with Crippen molar-refractivity contribution < 1.29 is 24.3 Å². The van der Waals surface area contributed by atoms with Gasteiger partial charge in [0.1, 0.15) is 11.5 Å². The van der Waals surface area contributed by atoms with Gasteiger partial charge in [0, 0.05) is 0 Å². The van der Waals surface area contributed by atoms with Crippen molar-refractivity contribution in [3.63, 3.8) is 0 Å². The molecule has 0 saturated carbocycles. The molecule has 24 heavy (non-hydrogen) atoms. The van der Waals surface area contributed by atoms with Crippen LogP contribution in [0.2, 0.25) is 0 Å². The number of ether oxygens (including phenoxy) is 2. The Morgan fingerprint density at radius 1 is 1.12 bits per heavy atom. The molecular formula is C17H20BNO5. The van der Waals surface area contributed by atoms with Crippen LogP contribution in [0.15, 0.2) is 42.5 Å². The maximum atomic E-state index is 12.5. The predicted molar refractivity (Wildman–Crippen MR) is 91.7 cm³/mol. The van der Waals surface area contributed by atoms with Gasteiger partial charge in [-0.05, 0) is 42.2 Å². The van der Waals surface area contributed by atoms with Crippen molar-refractivity contribution in [3.8, 4) is 11.5 Å². The smallest absolute Gasteiger partial charge is 0.488 e. The van der Waals surface area contributed by atoms with Crippen LogP contribution in [0.5, 0.6) is 11.5 Å². The minimum absolute atomic E-state index is 0.236. The molecule has 7 heteroatoms. The lowest BCUT2D eigenvalue weighted by atomic mass is 9.80. The van der Waals surface area contributed by atoms with E-state index in [1.54, 1.807) is 7.11 Å². The molecular weight excluding hydrogens is 309 g/mol. The maximum absolute atomic E-state index is 12.5. The predicted octanol–water partition coefficient (Wildman–Crippen LogP) is 0.875. The maximum Gasteiger partial charge on any atom is 0.488 e. The van der Waals surface area contributed by atoms with Gasteiger partial charge < -0.3 is 24.8 Å². The SMILES string of the molecule is COc1cccc([C@@H](C)NC(=O)c2ccc(B(O)O)cc2OC)c1. The highest BCUT2D eigenvalue weighted by molar-refractivity contribution is 6.58. The summed E-state index contributed by atoms with van der Waals surface area (Å²) < 4.78 is 10.4. The van der Waals surface area contributed by atoms with Gasteiger partial charge >= 0.3 is 7.12 Å². The highest BCUT2D eigenvalue weighted by Crippen LogP contribution is 2.21. The first-order valence-electron chi connectivity index (χ1n) is 7.45. The van der Waals surface area contributed by atoms with E-state index >= 15 is 0 Å². The van der Waals surface area contributed by atoms with Crippen molar-refractivity contribution >= 4 is 18.5 Å². The van der Waals surface area contributed by atoms with Crippen LogP contribution in [-0.2, 0) is 0 Å².